The Bertz CT molecular complexity index is 530. The molecule has 0 aliphatic carbocycles. The van der Waals surface area contributed by atoms with Gasteiger partial charge in [-0.05, 0) is 31.2 Å². The van der Waals surface area contributed by atoms with E-state index in [4.69, 9.17) is 19.3 Å². The Kier molecular flexibility index (Phi) is 6.22. The Morgan fingerprint density at radius 3 is 2.52 bits per heavy atom. The second-order valence-corrected chi connectivity index (χ2v) is 5.12. The molecule has 23 heavy (non-hydrogen) atoms. The Morgan fingerprint density at radius 2 is 1.91 bits per heavy atom. The minimum atomic E-state index is -0.935. The topological polar surface area (TPSA) is 85.3 Å². The second kappa shape index (κ2) is 8.38. The van der Waals surface area contributed by atoms with Gasteiger partial charge >= 0.3 is 5.97 Å². The number of hydrogen-bond acceptors (Lipinski definition) is 5. The van der Waals surface area contributed by atoms with E-state index in [1.54, 1.807) is 29.2 Å². The van der Waals surface area contributed by atoms with Gasteiger partial charge in [0.05, 0.1) is 25.7 Å². The molecule has 0 bridgehead atoms. The van der Waals surface area contributed by atoms with E-state index in [9.17, 15) is 9.59 Å². The van der Waals surface area contributed by atoms with Crippen molar-refractivity contribution in [3.05, 3.63) is 24.3 Å². The lowest BCUT2D eigenvalue weighted by Crippen LogP contribution is -2.47. The zero-order valence-corrected chi connectivity index (χ0v) is 13.1. The van der Waals surface area contributed by atoms with Crippen molar-refractivity contribution in [1.29, 1.82) is 0 Å². The summed E-state index contributed by atoms with van der Waals surface area (Å²) in [4.78, 5) is 24.4. The highest BCUT2D eigenvalue weighted by Gasteiger charge is 2.26. The Hall–Kier alpha value is -2.28. The number of hydrogen-bond donors (Lipinski definition) is 1. The Balaban J connectivity index is 1.80. The molecule has 1 aromatic carbocycles. The van der Waals surface area contributed by atoms with Crippen LogP contribution in [0.2, 0.25) is 0 Å². The molecule has 1 amide bonds. The van der Waals surface area contributed by atoms with E-state index < -0.39 is 12.1 Å². The molecular weight excluding hydrogens is 302 g/mol. The molecule has 1 aliphatic rings. The third-order valence-corrected chi connectivity index (χ3v) is 3.39. The van der Waals surface area contributed by atoms with Gasteiger partial charge in [-0.1, -0.05) is 0 Å². The van der Waals surface area contributed by atoms with E-state index in [0.717, 1.165) is 5.75 Å². The van der Waals surface area contributed by atoms with Crippen LogP contribution in [0, 0.1) is 0 Å². The maximum Gasteiger partial charge on any atom is 0.306 e. The second-order valence-electron chi connectivity index (χ2n) is 5.12. The quantitative estimate of drug-likeness (QED) is 0.810. The molecule has 1 saturated heterocycles. The van der Waals surface area contributed by atoms with Crippen molar-refractivity contribution in [3.8, 4) is 11.5 Å². The zero-order chi connectivity index (χ0) is 16.7. The molecule has 0 spiro atoms. The molecule has 0 aromatic heterocycles. The first-order chi connectivity index (χ1) is 11.1. The van der Waals surface area contributed by atoms with Crippen molar-refractivity contribution in [2.75, 3.05) is 32.9 Å². The molecular formula is C16H21NO6. The fraction of sp³-hybridized carbons (Fsp3) is 0.500. The lowest BCUT2D eigenvalue weighted by molar-refractivity contribution is -0.148. The third kappa shape index (κ3) is 5.45. The summed E-state index contributed by atoms with van der Waals surface area (Å²) in [5.74, 6) is 0.209. The van der Waals surface area contributed by atoms with Crippen LogP contribution >= 0.6 is 0 Å². The molecule has 1 unspecified atom stereocenters. The van der Waals surface area contributed by atoms with Crippen LogP contribution in [0.3, 0.4) is 0 Å². The Morgan fingerprint density at radius 1 is 1.26 bits per heavy atom. The van der Waals surface area contributed by atoms with Crippen LogP contribution in [0.4, 0.5) is 0 Å². The predicted molar refractivity (Wildman–Crippen MR) is 81.7 cm³/mol. The van der Waals surface area contributed by atoms with Crippen LogP contribution in [-0.2, 0) is 14.3 Å². The molecule has 1 atom stereocenters. The van der Waals surface area contributed by atoms with Crippen molar-refractivity contribution in [1.82, 2.24) is 4.90 Å². The number of carbonyl (C=O) groups excluding carboxylic acids is 1. The smallest absolute Gasteiger partial charge is 0.306 e. The number of amides is 1. The first-order valence-electron chi connectivity index (χ1n) is 7.55. The largest absolute Gasteiger partial charge is 0.494 e. The summed E-state index contributed by atoms with van der Waals surface area (Å²) in [6.07, 6.45) is -0.570. The summed E-state index contributed by atoms with van der Waals surface area (Å²) in [7, 11) is 0. The van der Waals surface area contributed by atoms with Crippen LogP contribution < -0.4 is 9.47 Å². The lowest BCUT2D eigenvalue weighted by atomic mass is 10.2. The average Bonchev–Trinajstić information content (AvgIpc) is 2.54. The van der Waals surface area contributed by atoms with E-state index in [0.29, 0.717) is 25.5 Å². The number of rotatable bonds is 7. The number of carboxylic acids is 1. The number of carbonyl (C=O) groups is 2. The fourth-order valence-corrected chi connectivity index (χ4v) is 2.30. The average molecular weight is 323 g/mol. The minimum absolute atomic E-state index is 0.0895. The molecule has 126 valence electrons. The summed E-state index contributed by atoms with van der Waals surface area (Å²) in [6, 6.07) is 7.04. The summed E-state index contributed by atoms with van der Waals surface area (Å²) < 4.78 is 16.1. The van der Waals surface area contributed by atoms with E-state index in [-0.39, 0.29) is 25.5 Å². The van der Waals surface area contributed by atoms with Gasteiger partial charge in [-0.3, -0.25) is 9.59 Å². The highest BCUT2D eigenvalue weighted by Crippen LogP contribution is 2.17. The molecule has 7 nitrogen and oxygen atoms in total. The number of carboxylic acid groups (broad SMARTS) is 1. The standard InChI is InChI=1S/C16H21NO6/c1-2-21-12-3-5-13(6-4-12)23-11-15(18)17-7-8-22-14(10-17)9-16(19)20/h3-6,14H,2,7-11H2,1H3,(H,19,20). The van der Waals surface area contributed by atoms with E-state index in [1.165, 1.54) is 0 Å². The molecule has 1 heterocycles. The number of morpholine rings is 1. The summed E-state index contributed by atoms with van der Waals surface area (Å²) >= 11 is 0. The summed E-state index contributed by atoms with van der Waals surface area (Å²) in [6.45, 7) is 3.47. The molecule has 2 rings (SSSR count). The minimum Gasteiger partial charge on any atom is -0.494 e. The molecule has 0 radical (unpaired) electrons. The number of aliphatic carboxylic acids is 1. The first kappa shape index (κ1) is 17.1. The van der Waals surface area contributed by atoms with Gasteiger partial charge in [0, 0.05) is 13.1 Å². The van der Waals surface area contributed by atoms with E-state index in [1.807, 2.05) is 6.92 Å². The lowest BCUT2D eigenvalue weighted by Gasteiger charge is -2.32. The van der Waals surface area contributed by atoms with Crippen molar-refractivity contribution >= 4 is 11.9 Å². The predicted octanol–water partition coefficient (Wildman–Crippen LogP) is 1.17. The monoisotopic (exact) mass is 323 g/mol. The SMILES string of the molecule is CCOc1ccc(OCC(=O)N2CCOC(CC(=O)O)C2)cc1. The van der Waals surface area contributed by atoms with Crippen LogP contribution in [-0.4, -0.2) is 60.9 Å². The van der Waals surface area contributed by atoms with Crippen molar-refractivity contribution in [2.24, 2.45) is 0 Å². The molecule has 1 fully saturated rings. The highest BCUT2D eigenvalue weighted by atomic mass is 16.5. The Labute approximate surface area is 134 Å². The first-order valence-corrected chi connectivity index (χ1v) is 7.55. The van der Waals surface area contributed by atoms with Gasteiger partial charge in [-0.15, -0.1) is 0 Å². The number of benzene rings is 1. The van der Waals surface area contributed by atoms with Crippen LogP contribution in [0.1, 0.15) is 13.3 Å². The zero-order valence-electron chi connectivity index (χ0n) is 13.1. The van der Waals surface area contributed by atoms with Gasteiger partial charge in [0.25, 0.3) is 5.91 Å². The van der Waals surface area contributed by atoms with Gasteiger partial charge in [-0.25, -0.2) is 0 Å². The van der Waals surface area contributed by atoms with Gasteiger partial charge in [0.2, 0.25) is 0 Å². The fourth-order valence-electron chi connectivity index (χ4n) is 2.30. The maximum absolute atomic E-state index is 12.1. The van der Waals surface area contributed by atoms with Crippen LogP contribution in [0.15, 0.2) is 24.3 Å². The van der Waals surface area contributed by atoms with Gasteiger partial charge in [0.15, 0.2) is 6.61 Å². The normalized spacial score (nSPS) is 17.6. The molecule has 1 aromatic rings. The highest BCUT2D eigenvalue weighted by molar-refractivity contribution is 5.78. The molecule has 7 heteroatoms. The summed E-state index contributed by atoms with van der Waals surface area (Å²) in [5, 5.41) is 8.78. The number of ether oxygens (including phenoxy) is 3. The molecule has 1 aliphatic heterocycles. The van der Waals surface area contributed by atoms with Gasteiger partial charge in [0.1, 0.15) is 11.5 Å². The number of nitrogens with zero attached hydrogens (tertiary/aromatic N) is 1. The maximum atomic E-state index is 12.1. The van der Waals surface area contributed by atoms with E-state index in [2.05, 4.69) is 0 Å². The van der Waals surface area contributed by atoms with Gasteiger partial charge < -0.3 is 24.2 Å². The van der Waals surface area contributed by atoms with Crippen LogP contribution in [0.25, 0.3) is 0 Å². The molecule has 0 saturated carbocycles. The third-order valence-electron chi connectivity index (χ3n) is 3.39. The van der Waals surface area contributed by atoms with E-state index >= 15 is 0 Å². The van der Waals surface area contributed by atoms with Crippen molar-refractivity contribution < 1.29 is 28.9 Å². The van der Waals surface area contributed by atoms with Gasteiger partial charge in [-0.2, -0.15) is 0 Å². The summed E-state index contributed by atoms with van der Waals surface area (Å²) in [5.41, 5.74) is 0. The van der Waals surface area contributed by atoms with Crippen LogP contribution in [0.5, 0.6) is 11.5 Å². The van der Waals surface area contributed by atoms with Crippen molar-refractivity contribution in [3.63, 3.8) is 0 Å². The van der Waals surface area contributed by atoms with Crippen molar-refractivity contribution in [2.45, 2.75) is 19.4 Å². The molecule has 1 N–H and O–H groups in total.